The van der Waals surface area contributed by atoms with Crippen molar-refractivity contribution in [2.45, 2.75) is 26.2 Å². The average molecular weight is 420 g/mol. The van der Waals surface area contributed by atoms with Crippen LogP contribution in [0.4, 0.5) is 11.4 Å². The number of nitrogens with one attached hydrogen (secondary N) is 1. The second kappa shape index (κ2) is 8.88. The lowest BCUT2D eigenvalue weighted by molar-refractivity contribution is 0.102. The van der Waals surface area contributed by atoms with Gasteiger partial charge in [0.15, 0.2) is 0 Å². The van der Waals surface area contributed by atoms with Crippen LogP contribution in [0.25, 0.3) is 0 Å². The highest BCUT2D eigenvalue weighted by Gasteiger charge is 2.20. The first-order chi connectivity index (χ1) is 13.0. The molecule has 1 heterocycles. The quantitative estimate of drug-likeness (QED) is 0.610. The average Bonchev–Trinajstić information content (AvgIpc) is 3.18. The van der Waals surface area contributed by atoms with Crippen molar-refractivity contribution in [1.82, 2.24) is 0 Å². The van der Waals surface area contributed by atoms with Crippen molar-refractivity contribution in [3.8, 4) is 6.07 Å². The molecule has 1 aliphatic heterocycles. The Hall–Kier alpha value is -1.87. The van der Waals surface area contributed by atoms with Gasteiger partial charge in [-0.25, -0.2) is 0 Å². The first kappa shape index (κ1) is 19.9. The number of anilines is 2. The fourth-order valence-electron chi connectivity index (χ4n) is 3.00. The number of nitriles is 1. The summed E-state index contributed by atoms with van der Waals surface area (Å²) >= 11 is 14.3. The Morgan fingerprint density at radius 3 is 2.78 bits per heavy atom. The SMILES string of the molecule is CCCc1cc(C#N)cc(NC(=O)c2cc(N3CCCS3)cc(Cl)c2Cl)c1. The molecule has 1 N–H and O–H groups in total. The number of amides is 1. The van der Waals surface area contributed by atoms with E-state index in [1.807, 2.05) is 12.1 Å². The van der Waals surface area contributed by atoms with E-state index in [0.29, 0.717) is 21.8 Å². The molecule has 3 rings (SSSR count). The van der Waals surface area contributed by atoms with Crippen LogP contribution in [0.3, 0.4) is 0 Å². The van der Waals surface area contributed by atoms with Gasteiger partial charge in [-0.2, -0.15) is 5.26 Å². The van der Waals surface area contributed by atoms with E-state index >= 15 is 0 Å². The number of aryl methyl sites for hydroxylation is 1. The Bertz CT molecular complexity index is 905. The molecule has 1 amide bonds. The summed E-state index contributed by atoms with van der Waals surface area (Å²) in [6.07, 6.45) is 2.89. The van der Waals surface area contributed by atoms with E-state index in [0.717, 1.165) is 42.8 Å². The van der Waals surface area contributed by atoms with Crippen molar-refractivity contribution in [2.24, 2.45) is 0 Å². The van der Waals surface area contributed by atoms with E-state index in [1.54, 1.807) is 30.1 Å². The van der Waals surface area contributed by atoms with Crippen molar-refractivity contribution in [1.29, 1.82) is 5.26 Å². The molecule has 2 aromatic rings. The summed E-state index contributed by atoms with van der Waals surface area (Å²) < 4.78 is 2.12. The molecule has 27 heavy (non-hydrogen) atoms. The number of benzene rings is 2. The Kier molecular flexibility index (Phi) is 6.54. The third kappa shape index (κ3) is 4.70. The van der Waals surface area contributed by atoms with Gasteiger partial charge in [0.05, 0.1) is 27.2 Å². The Morgan fingerprint density at radius 2 is 2.11 bits per heavy atom. The Balaban J connectivity index is 1.90. The molecule has 0 saturated carbocycles. The second-order valence-electron chi connectivity index (χ2n) is 6.31. The van der Waals surface area contributed by atoms with Crippen LogP contribution in [-0.4, -0.2) is 18.2 Å². The van der Waals surface area contributed by atoms with Gasteiger partial charge in [0.2, 0.25) is 0 Å². The zero-order valence-corrected chi connectivity index (χ0v) is 17.2. The summed E-state index contributed by atoms with van der Waals surface area (Å²) in [5.74, 6) is 0.702. The van der Waals surface area contributed by atoms with Crippen LogP contribution >= 0.6 is 35.1 Å². The maximum atomic E-state index is 12.9. The molecule has 1 aliphatic rings. The van der Waals surface area contributed by atoms with Gasteiger partial charge in [-0.15, -0.1) is 0 Å². The number of carbonyl (C=O) groups excluding carboxylic acids is 1. The van der Waals surface area contributed by atoms with Crippen molar-refractivity contribution in [3.63, 3.8) is 0 Å². The molecule has 7 heteroatoms. The smallest absolute Gasteiger partial charge is 0.257 e. The van der Waals surface area contributed by atoms with Crippen LogP contribution in [0.1, 0.15) is 41.3 Å². The van der Waals surface area contributed by atoms with E-state index in [-0.39, 0.29) is 10.9 Å². The van der Waals surface area contributed by atoms with Crippen molar-refractivity contribution in [2.75, 3.05) is 21.9 Å². The topological polar surface area (TPSA) is 56.1 Å². The number of rotatable bonds is 5. The summed E-state index contributed by atoms with van der Waals surface area (Å²) in [6, 6.07) is 11.1. The number of hydrogen-bond donors (Lipinski definition) is 1. The van der Waals surface area contributed by atoms with Gasteiger partial charge in [-0.3, -0.25) is 4.79 Å². The molecule has 1 fully saturated rings. The zero-order valence-electron chi connectivity index (χ0n) is 14.9. The highest BCUT2D eigenvalue weighted by molar-refractivity contribution is 8.00. The molecule has 4 nitrogen and oxygen atoms in total. The molecule has 0 spiro atoms. The fraction of sp³-hybridized carbons (Fsp3) is 0.300. The lowest BCUT2D eigenvalue weighted by Gasteiger charge is -2.18. The highest BCUT2D eigenvalue weighted by atomic mass is 35.5. The standard InChI is InChI=1S/C20H19Cl2N3OS/c1-2-4-13-7-14(12-23)9-15(8-13)24-20(26)17-10-16(11-18(21)19(17)22)25-5-3-6-27-25/h7-11H,2-6H2,1H3,(H,24,26). The monoisotopic (exact) mass is 419 g/mol. The minimum Gasteiger partial charge on any atom is -0.322 e. The molecule has 0 aliphatic carbocycles. The van der Waals surface area contributed by atoms with Gasteiger partial charge in [-0.05, 0) is 60.7 Å². The van der Waals surface area contributed by atoms with E-state index in [9.17, 15) is 10.1 Å². The lowest BCUT2D eigenvalue weighted by Crippen LogP contribution is -2.15. The third-order valence-corrected chi connectivity index (χ3v) is 6.20. The molecule has 0 bridgehead atoms. The minimum absolute atomic E-state index is 0.229. The highest BCUT2D eigenvalue weighted by Crippen LogP contribution is 2.36. The maximum absolute atomic E-state index is 12.9. The van der Waals surface area contributed by atoms with Gasteiger partial charge in [0.1, 0.15) is 0 Å². The van der Waals surface area contributed by atoms with Crippen LogP contribution in [-0.2, 0) is 6.42 Å². The van der Waals surface area contributed by atoms with Crippen LogP contribution in [0.2, 0.25) is 10.0 Å². The predicted octanol–water partition coefficient (Wildman–Crippen LogP) is 5.93. The van der Waals surface area contributed by atoms with Crippen LogP contribution in [0, 0.1) is 11.3 Å². The Labute approximate surface area is 173 Å². The molecule has 0 aromatic heterocycles. The van der Waals surface area contributed by atoms with Crippen LogP contribution in [0.5, 0.6) is 0 Å². The first-order valence-electron chi connectivity index (χ1n) is 8.76. The molecular formula is C20H19Cl2N3OS. The first-order valence-corrected chi connectivity index (χ1v) is 10.5. The second-order valence-corrected chi connectivity index (χ2v) is 8.20. The van der Waals surface area contributed by atoms with Crippen LogP contribution < -0.4 is 9.62 Å². The van der Waals surface area contributed by atoms with E-state index in [4.69, 9.17) is 23.2 Å². The van der Waals surface area contributed by atoms with Crippen LogP contribution in [0.15, 0.2) is 30.3 Å². The fourth-order valence-corrected chi connectivity index (χ4v) is 4.40. The molecule has 1 saturated heterocycles. The number of hydrogen-bond acceptors (Lipinski definition) is 4. The van der Waals surface area contributed by atoms with Crippen molar-refractivity contribution >= 4 is 52.4 Å². The third-order valence-electron chi connectivity index (χ3n) is 4.22. The molecule has 0 radical (unpaired) electrons. The molecule has 140 valence electrons. The molecule has 0 atom stereocenters. The summed E-state index contributed by atoms with van der Waals surface area (Å²) in [7, 11) is 0. The normalized spacial score (nSPS) is 13.5. The van der Waals surface area contributed by atoms with Gasteiger partial charge in [-0.1, -0.05) is 36.5 Å². The van der Waals surface area contributed by atoms with E-state index in [1.165, 1.54) is 0 Å². The van der Waals surface area contributed by atoms with Gasteiger partial charge in [0.25, 0.3) is 5.91 Å². The minimum atomic E-state index is -0.342. The molecular weight excluding hydrogens is 401 g/mol. The maximum Gasteiger partial charge on any atom is 0.257 e. The van der Waals surface area contributed by atoms with E-state index in [2.05, 4.69) is 22.6 Å². The lowest BCUT2D eigenvalue weighted by atomic mass is 10.1. The van der Waals surface area contributed by atoms with Gasteiger partial charge < -0.3 is 9.62 Å². The summed E-state index contributed by atoms with van der Waals surface area (Å²) in [4.78, 5) is 12.9. The zero-order chi connectivity index (χ0) is 19.4. The summed E-state index contributed by atoms with van der Waals surface area (Å²) in [6.45, 7) is 2.98. The number of halogens is 2. The van der Waals surface area contributed by atoms with Crippen molar-refractivity contribution < 1.29 is 4.79 Å². The van der Waals surface area contributed by atoms with Gasteiger partial charge in [0, 0.05) is 23.7 Å². The Morgan fingerprint density at radius 1 is 1.30 bits per heavy atom. The largest absolute Gasteiger partial charge is 0.322 e. The number of nitrogens with zero attached hydrogens (tertiary/aromatic N) is 2. The molecule has 2 aromatic carbocycles. The summed E-state index contributed by atoms with van der Waals surface area (Å²) in [5, 5.41) is 12.7. The summed E-state index contributed by atoms with van der Waals surface area (Å²) in [5.41, 5.74) is 3.30. The number of carbonyl (C=O) groups is 1. The predicted molar refractivity (Wildman–Crippen MR) is 114 cm³/mol. The van der Waals surface area contributed by atoms with Crippen molar-refractivity contribution in [3.05, 3.63) is 57.1 Å². The molecule has 0 unspecified atom stereocenters. The van der Waals surface area contributed by atoms with E-state index < -0.39 is 0 Å². The van der Waals surface area contributed by atoms with Gasteiger partial charge >= 0.3 is 0 Å².